The Bertz CT molecular complexity index is 409. The summed E-state index contributed by atoms with van der Waals surface area (Å²) in [5.41, 5.74) is 0.176. The molecule has 0 rings (SSSR count). The van der Waals surface area contributed by atoms with Gasteiger partial charge in [-0.1, -0.05) is 6.58 Å². The largest absolute Gasteiger partial charge is 0.478 e. The minimum Gasteiger partial charge on any atom is -0.478 e. The van der Waals surface area contributed by atoms with Crippen LogP contribution in [-0.4, -0.2) is 210 Å². The van der Waals surface area contributed by atoms with Crippen LogP contribution in [0.5, 0.6) is 0 Å². The average molecular weight is 687 g/mol. The lowest BCUT2D eigenvalue weighted by atomic mass is 10.4. The van der Waals surface area contributed by atoms with Gasteiger partial charge in [-0.05, 0) is 6.92 Å². The van der Waals surface area contributed by atoms with Gasteiger partial charge in [-0.15, -0.1) is 0 Å². The van der Waals surface area contributed by atoms with Crippen LogP contribution in [0.2, 0.25) is 0 Å². The second kappa shape index (κ2) is 59.0. The smallest absolute Gasteiger partial charge is 0.330 e. The molecule has 0 saturated carbocycles. The minimum absolute atomic E-state index is 0.0417. The minimum atomic E-state index is -0.935. The molecule has 0 heterocycles. The van der Waals surface area contributed by atoms with E-state index in [4.69, 9.17) is 83.9 Å². The van der Waals surface area contributed by atoms with Gasteiger partial charge in [0, 0.05) is 5.57 Å². The van der Waals surface area contributed by atoms with Crippen LogP contribution in [-0.2, 0) is 42.7 Å². The molecule has 18 nitrogen and oxygen atoms in total. The van der Waals surface area contributed by atoms with Gasteiger partial charge in [0.1, 0.15) is 0 Å². The summed E-state index contributed by atoms with van der Waals surface area (Å²) in [6, 6.07) is 0. The Hall–Kier alpha value is -1.43. The molecule has 9 N–H and O–H groups in total. The van der Waals surface area contributed by atoms with Crippen LogP contribution in [0.3, 0.4) is 0 Å². The first kappa shape index (κ1) is 54.0. The van der Waals surface area contributed by atoms with Crippen molar-refractivity contribution in [1.29, 1.82) is 0 Å². The predicted molar refractivity (Wildman–Crippen MR) is 166 cm³/mol. The molecule has 0 unspecified atom stereocenters. The van der Waals surface area contributed by atoms with Gasteiger partial charge < -0.3 is 83.9 Å². The summed E-state index contributed by atoms with van der Waals surface area (Å²) in [7, 11) is 0. The van der Waals surface area contributed by atoms with Crippen molar-refractivity contribution in [2.24, 2.45) is 0 Å². The summed E-state index contributed by atoms with van der Waals surface area (Å²) in [6.07, 6.45) is 0. The summed E-state index contributed by atoms with van der Waals surface area (Å²) < 4.78 is 39.0. The SMILES string of the molecule is C=C(C)C(=O)O.OCCOCCOCCO.OCCOCCOCCO.OCCOCCOCCO.OCCOCCOCCO. The van der Waals surface area contributed by atoms with Crippen LogP contribution in [0, 0.1) is 0 Å². The first-order chi connectivity index (χ1) is 22.3. The van der Waals surface area contributed by atoms with Gasteiger partial charge in [-0.2, -0.15) is 0 Å². The van der Waals surface area contributed by atoms with Crippen molar-refractivity contribution in [1.82, 2.24) is 0 Å². The van der Waals surface area contributed by atoms with Gasteiger partial charge in [-0.3, -0.25) is 0 Å². The van der Waals surface area contributed by atoms with Crippen LogP contribution >= 0.6 is 0 Å². The first-order valence-corrected chi connectivity index (χ1v) is 14.7. The van der Waals surface area contributed by atoms with Crippen LogP contribution < -0.4 is 0 Å². The molecule has 282 valence electrons. The highest BCUT2D eigenvalue weighted by molar-refractivity contribution is 5.84. The van der Waals surface area contributed by atoms with Crippen LogP contribution in [0.25, 0.3) is 0 Å². The second-order valence-electron chi connectivity index (χ2n) is 7.77. The number of hydrogen-bond acceptors (Lipinski definition) is 17. The Kier molecular flexibility index (Phi) is 69.4. The van der Waals surface area contributed by atoms with Gasteiger partial charge in [0.15, 0.2) is 0 Å². The molecule has 0 aromatic carbocycles. The molecular weight excluding hydrogens is 624 g/mol. The Labute approximate surface area is 272 Å². The average Bonchev–Trinajstić information content (AvgIpc) is 3.05. The lowest BCUT2D eigenvalue weighted by Crippen LogP contribution is -2.09. The zero-order chi connectivity index (χ0) is 35.8. The zero-order valence-corrected chi connectivity index (χ0v) is 27.4. The van der Waals surface area contributed by atoms with Gasteiger partial charge in [-0.25, -0.2) is 4.79 Å². The molecule has 0 aromatic rings. The van der Waals surface area contributed by atoms with Crippen LogP contribution in [0.1, 0.15) is 6.92 Å². The third-order valence-electron chi connectivity index (χ3n) is 3.74. The van der Waals surface area contributed by atoms with E-state index in [-0.39, 0.29) is 58.4 Å². The fourth-order valence-electron chi connectivity index (χ4n) is 1.80. The Morgan fingerprint density at radius 3 is 0.543 bits per heavy atom. The Balaban J connectivity index is -0.000000154. The lowest BCUT2D eigenvalue weighted by molar-refractivity contribution is -0.132. The standard InChI is InChI=1S/4C6H14O4.C4H6O2/c4*7-1-3-9-5-6-10-4-2-8;1-3(2)4(5)6/h4*7-8H,1-6H2;1H2,2H3,(H,5,6). The molecule has 18 heteroatoms. The molecule has 0 aliphatic carbocycles. The molecule has 46 heavy (non-hydrogen) atoms. The number of aliphatic carboxylic acids is 1. The number of ether oxygens (including phenoxy) is 8. The molecule has 0 atom stereocenters. The van der Waals surface area contributed by atoms with Crippen molar-refractivity contribution in [3.63, 3.8) is 0 Å². The van der Waals surface area contributed by atoms with Crippen LogP contribution in [0.4, 0.5) is 0 Å². The van der Waals surface area contributed by atoms with Crippen molar-refractivity contribution in [2.45, 2.75) is 6.92 Å². The maximum Gasteiger partial charge on any atom is 0.330 e. The van der Waals surface area contributed by atoms with Crippen molar-refractivity contribution < 1.29 is 88.6 Å². The van der Waals surface area contributed by atoms with Crippen molar-refractivity contribution >= 4 is 5.97 Å². The fraction of sp³-hybridized carbons (Fsp3) is 0.893. The molecule has 0 saturated heterocycles. The summed E-state index contributed by atoms with van der Waals surface area (Å²) in [5, 5.41) is 74.0. The van der Waals surface area contributed by atoms with E-state index in [1.54, 1.807) is 0 Å². The van der Waals surface area contributed by atoms with E-state index in [1.165, 1.54) is 6.92 Å². The summed E-state index contributed by atoms with van der Waals surface area (Å²) >= 11 is 0. The monoisotopic (exact) mass is 686 g/mol. The van der Waals surface area contributed by atoms with Gasteiger partial charge in [0.25, 0.3) is 0 Å². The zero-order valence-electron chi connectivity index (χ0n) is 27.4. The number of carboxylic acid groups (broad SMARTS) is 1. The third kappa shape index (κ3) is 78.7. The molecule has 0 radical (unpaired) electrons. The molecule has 0 spiro atoms. The third-order valence-corrected chi connectivity index (χ3v) is 3.74. The number of hydrogen-bond donors (Lipinski definition) is 9. The van der Waals surface area contributed by atoms with E-state index < -0.39 is 5.97 Å². The lowest BCUT2D eigenvalue weighted by Gasteiger charge is -2.01. The van der Waals surface area contributed by atoms with Crippen molar-refractivity contribution in [3.05, 3.63) is 12.2 Å². The summed E-state index contributed by atoms with van der Waals surface area (Å²) in [6.45, 7) is 11.5. The summed E-state index contributed by atoms with van der Waals surface area (Å²) in [5.74, 6) is -0.935. The van der Waals surface area contributed by atoms with E-state index >= 15 is 0 Å². The molecular formula is C28H62O18. The molecule has 0 aliphatic heterocycles. The van der Waals surface area contributed by atoms with E-state index in [0.717, 1.165) is 0 Å². The second-order valence-corrected chi connectivity index (χ2v) is 7.77. The molecule has 0 aromatic heterocycles. The van der Waals surface area contributed by atoms with Gasteiger partial charge in [0.2, 0.25) is 0 Å². The number of aliphatic hydroxyl groups excluding tert-OH is 8. The highest BCUT2D eigenvalue weighted by Crippen LogP contribution is 1.81. The van der Waals surface area contributed by atoms with Crippen molar-refractivity contribution in [2.75, 3.05) is 159 Å². The van der Waals surface area contributed by atoms with Gasteiger partial charge >= 0.3 is 5.97 Å². The number of carbonyl (C=O) groups is 1. The molecule has 0 amide bonds. The predicted octanol–water partition coefficient (Wildman–Crippen LogP) is -3.34. The quantitative estimate of drug-likeness (QED) is 0.0275. The summed E-state index contributed by atoms with van der Waals surface area (Å²) in [4.78, 5) is 9.60. The van der Waals surface area contributed by atoms with Crippen molar-refractivity contribution in [3.8, 4) is 0 Å². The maximum absolute atomic E-state index is 9.60. The van der Waals surface area contributed by atoms with E-state index in [9.17, 15) is 4.79 Å². The topological polar surface area (TPSA) is 273 Å². The highest BCUT2D eigenvalue weighted by atomic mass is 16.5. The molecule has 0 bridgehead atoms. The number of aliphatic hydroxyl groups is 8. The first-order valence-electron chi connectivity index (χ1n) is 14.7. The van der Waals surface area contributed by atoms with E-state index in [1.807, 2.05) is 0 Å². The number of carboxylic acids is 1. The normalized spacial score (nSPS) is 9.85. The maximum atomic E-state index is 9.60. The Morgan fingerprint density at radius 2 is 0.478 bits per heavy atom. The van der Waals surface area contributed by atoms with Crippen LogP contribution in [0.15, 0.2) is 12.2 Å². The molecule has 0 fully saturated rings. The van der Waals surface area contributed by atoms with Gasteiger partial charge in [0.05, 0.1) is 159 Å². The van der Waals surface area contributed by atoms with E-state index in [2.05, 4.69) is 6.58 Å². The fourth-order valence-corrected chi connectivity index (χ4v) is 1.80. The number of rotatable bonds is 29. The van der Waals surface area contributed by atoms with E-state index in [0.29, 0.717) is 106 Å². The Morgan fingerprint density at radius 1 is 0.370 bits per heavy atom. The highest BCUT2D eigenvalue weighted by Gasteiger charge is 1.91. The molecule has 0 aliphatic rings.